The average Bonchev–Trinajstić information content (AvgIpc) is 3.16. The molecule has 0 aliphatic carbocycles. The number of nitrogens with one attached hydrogen (secondary N) is 2. The number of benzene rings is 1. The monoisotopic (exact) mass is 401 g/mol. The van der Waals surface area contributed by atoms with Crippen molar-refractivity contribution in [3.63, 3.8) is 0 Å². The molecule has 2 amide bonds. The SMILES string of the molecule is CSc1ccc(NC(=O)NC2C[C@H]3CCC[C@H](C2)N3Cc2cccs2)cc1. The fourth-order valence-corrected chi connectivity index (χ4v) is 5.58. The van der Waals surface area contributed by atoms with E-state index in [0.29, 0.717) is 12.1 Å². The molecule has 1 aromatic carbocycles. The Morgan fingerprint density at radius 2 is 1.93 bits per heavy atom. The summed E-state index contributed by atoms with van der Waals surface area (Å²) in [6.07, 6.45) is 7.98. The summed E-state index contributed by atoms with van der Waals surface area (Å²) < 4.78 is 0. The van der Waals surface area contributed by atoms with Crippen molar-refractivity contribution in [2.75, 3.05) is 11.6 Å². The first-order valence-electron chi connectivity index (χ1n) is 9.71. The van der Waals surface area contributed by atoms with Gasteiger partial charge in [-0.2, -0.15) is 0 Å². The van der Waals surface area contributed by atoms with E-state index in [2.05, 4.69) is 39.3 Å². The number of rotatable bonds is 5. The van der Waals surface area contributed by atoms with Gasteiger partial charge in [-0.05, 0) is 67.7 Å². The number of anilines is 1. The molecule has 0 unspecified atom stereocenters. The number of hydrogen-bond acceptors (Lipinski definition) is 4. The third-order valence-electron chi connectivity index (χ3n) is 5.73. The predicted octanol–water partition coefficient (Wildman–Crippen LogP) is 5.18. The maximum atomic E-state index is 12.5. The Kier molecular flexibility index (Phi) is 6.05. The van der Waals surface area contributed by atoms with E-state index in [1.54, 1.807) is 11.8 Å². The number of carbonyl (C=O) groups excluding carboxylic acids is 1. The normalized spacial score (nSPS) is 25.1. The minimum absolute atomic E-state index is 0.0818. The lowest BCUT2D eigenvalue weighted by atomic mass is 9.81. The van der Waals surface area contributed by atoms with E-state index >= 15 is 0 Å². The molecule has 144 valence electrons. The number of amides is 2. The second kappa shape index (κ2) is 8.67. The predicted molar refractivity (Wildman–Crippen MR) is 115 cm³/mol. The molecule has 4 rings (SSSR count). The molecule has 2 N–H and O–H groups in total. The summed E-state index contributed by atoms with van der Waals surface area (Å²) in [4.78, 5) is 17.8. The van der Waals surface area contributed by atoms with Crippen molar-refractivity contribution in [2.45, 2.75) is 61.7 Å². The molecular weight excluding hydrogens is 374 g/mol. The standard InChI is InChI=1S/C21H27N3OS2/c1-26-19-9-7-15(8-10-19)22-21(25)23-16-12-17-4-2-5-18(13-16)24(17)14-20-6-3-11-27-20/h3,6-11,16-18H,2,4-5,12-14H2,1H3,(H2,22,23,25)/t17-,18-/m1/s1. The van der Waals surface area contributed by atoms with Crippen molar-refractivity contribution in [3.05, 3.63) is 46.7 Å². The van der Waals surface area contributed by atoms with Crippen LogP contribution in [-0.2, 0) is 6.54 Å². The van der Waals surface area contributed by atoms with Gasteiger partial charge in [0.1, 0.15) is 0 Å². The molecule has 0 spiro atoms. The van der Waals surface area contributed by atoms with Crippen LogP contribution in [0, 0.1) is 0 Å². The quantitative estimate of drug-likeness (QED) is 0.679. The van der Waals surface area contributed by atoms with Crippen LogP contribution in [0.2, 0.25) is 0 Å². The van der Waals surface area contributed by atoms with E-state index in [1.165, 1.54) is 29.0 Å². The van der Waals surface area contributed by atoms with Gasteiger partial charge in [0.2, 0.25) is 0 Å². The maximum absolute atomic E-state index is 12.5. The number of nitrogens with zero attached hydrogens (tertiary/aromatic N) is 1. The van der Waals surface area contributed by atoms with Crippen LogP contribution in [0.1, 0.15) is 37.0 Å². The highest BCUT2D eigenvalue weighted by Gasteiger charge is 2.38. The number of urea groups is 1. The lowest BCUT2D eigenvalue weighted by Crippen LogP contribution is -2.56. The maximum Gasteiger partial charge on any atom is 0.319 e. The third-order valence-corrected chi connectivity index (χ3v) is 7.33. The van der Waals surface area contributed by atoms with Gasteiger partial charge in [-0.15, -0.1) is 23.1 Å². The summed E-state index contributed by atoms with van der Waals surface area (Å²) in [6, 6.07) is 13.7. The van der Waals surface area contributed by atoms with Gasteiger partial charge in [-0.1, -0.05) is 12.5 Å². The molecule has 2 fully saturated rings. The Bertz CT molecular complexity index is 733. The van der Waals surface area contributed by atoms with E-state index in [4.69, 9.17) is 0 Å². The average molecular weight is 402 g/mol. The van der Waals surface area contributed by atoms with Crippen molar-refractivity contribution in [1.82, 2.24) is 10.2 Å². The fraction of sp³-hybridized carbons (Fsp3) is 0.476. The highest BCUT2D eigenvalue weighted by Crippen LogP contribution is 2.35. The van der Waals surface area contributed by atoms with Crippen molar-refractivity contribution in [2.24, 2.45) is 0 Å². The lowest BCUT2D eigenvalue weighted by molar-refractivity contribution is 0.0208. The zero-order valence-electron chi connectivity index (χ0n) is 15.7. The molecule has 4 nitrogen and oxygen atoms in total. The Labute approximate surface area is 169 Å². The molecule has 2 saturated heterocycles. The topological polar surface area (TPSA) is 44.4 Å². The van der Waals surface area contributed by atoms with Crippen LogP contribution in [0.3, 0.4) is 0 Å². The fourth-order valence-electron chi connectivity index (χ4n) is 4.46. The van der Waals surface area contributed by atoms with Crippen LogP contribution in [-0.4, -0.2) is 35.3 Å². The van der Waals surface area contributed by atoms with Gasteiger partial charge in [0.05, 0.1) is 0 Å². The van der Waals surface area contributed by atoms with Crippen molar-refractivity contribution < 1.29 is 4.79 Å². The highest BCUT2D eigenvalue weighted by atomic mass is 32.2. The zero-order valence-corrected chi connectivity index (χ0v) is 17.3. The number of piperidine rings is 2. The van der Waals surface area contributed by atoms with E-state index in [0.717, 1.165) is 25.1 Å². The number of carbonyl (C=O) groups is 1. The summed E-state index contributed by atoms with van der Waals surface area (Å²) in [5.41, 5.74) is 0.848. The van der Waals surface area contributed by atoms with Gasteiger partial charge >= 0.3 is 6.03 Å². The summed E-state index contributed by atoms with van der Waals surface area (Å²) in [5.74, 6) is 0. The lowest BCUT2D eigenvalue weighted by Gasteiger charge is -2.48. The van der Waals surface area contributed by atoms with Crippen LogP contribution in [0.5, 0.6) is 0 Å². The molecular formula is C21H27N3OS2. The van der Waals surface area contributed by atoms with Crippen LogP contribution < -0.4 is 10.6 Å². The van der Waals surface area contributed by atoms with Gasteiger partial charge in [-0.3, -0.25) is 4.90 Å². The van der Waals surface area contributed by atoms with E-state index in [9.17, 15) is 4.79 Å². The number of thioether (sulfide) groups is 1. The molecule has 0 saturated carbocycles. The second-order valence-electron chi connectivity index (χ2n) is 7.49. The second-order valence-corrected chi connectivity index (χ2v) is 9.40. The zero-order chi connectivity index (χ0) is 18.6. The molecule has 3 heterocycles. The molecule has 2 atom stereocenters. The van der Waals surface area contributed by atoms with Gasteiger partial charge in [0.15, 0.2) is 0 Å². The van der Waals surface area contributed by atoms with Crippen LogP contribution >= 0.6 is 23.1 Å². The Morgan fingerprint density at radius 1 is 1.19 bits per heavy atom. The van der Waals surface area contributed by atoms with E-state index < -0.39 is 0 Å². The van der Waals surface area contributed by atoms with Crippen LogP contribution in [0.4, 0.5) is 10.5 Å². The first-order valence-corrected chi connectivity index (χ1v) is 11.8. The van der Waals surface area contributed by atoms with Gasteiger partial charge < -0.3 is 10.6 Å². The summed E-state index contributed by atoms with van der Waals surface area (Å²) in [6.45, 7) is 1.06. The molecule has 1 aromatic heterocycles. The van der Waals surface area contributed by atoms with E-state index in [-0.39, 0.29) is 12.1 Å². The first kappa shape index (κ1) is 18.8. The molecule has 27 heavy (non-hydrogen) atoms. The number of hydrogen-bond donors (Lipinski definition) is 2. The molecule has 2 aliphatic heterocycles. The summed E-state index contributed by atoms with van der Waals surface area (Å²) in [5, 5.41) is 8.37. The molecule has 2 aromatic rings. The first-order chi connectivity index (χ1) is 13.2. The van der Waals surface area contributed by atoms with Gasteiger partial charge in [0.25, 0.3) is 0 Å². The molecule has 0 radical (unpaired) electrons. The minimum Gasteiger partial charge on any atom is -0.335 e. The van der Waals surface area contributed by atoms with E-state index in [1.807, 2.05) is 35.6 Å². The molecule has 6 heteroatoms. The minimum atomic E-state index is -0.0818. The Morgan fingerprint density at radius 3 is 2.56 bits per heavy atom. The van der Waals surface area contributed by atoms with Crippen molar-refractivity contribution in [1.29, 1.82) is 0 Å². The van der Waals surface area contributed by atoms with Crippen molar-refractivity contribution >= 4 is 34.8 Å². The molecule has 2 bridgehead atoms. The van der Waals surface area contributed by atoms with Crippen molar-refractivity contribution in [3.8, 4) is 0 Å². The van der Waals surface area contributed by atoms with Crippen LogP contribution in [0.25, 0.3) is 0 Å². The molecule has 2 aliphatic rings. The number of thiophene rings is 1. The van der Waals surface area contributed by atoms with Gasteiger partial charge in [-0.25, -0.2) is 4.79 Å². The highest BCUT2D eigenvalue weighted by molar-refractivity contribution is 7.98. The van der Waals surface area contributed by atoms with Crippen LogP contribution in [0.15, 0.2) is 46.7 Å². The smallest absolute Gasteiger partial charge is 0.319 e. The Balaban J connectivity index is 1.33. The largest absolute Gasteiger partial charge is 0.335 e. The van der Waals surface area contributed by atoms with Gasteiger partial charge in [0, 0.05) is 40.1 Å². The summed E-state index contributed by atoms with van der Waals surface area (Å²) >= 11 is 3.55. The summed E-state index contributed by atoms with van der Waals surface area (Å²) in [7, 11) is 0. The third kappa shape index (κ3) is 4.68. The Hall–Kier alpha value is -1.50. The number of fused-ring (bicyclic) bond motifs is 2.